The number of benzene rings is 7. The number of rotatable bonds is 4. The molecular formula is C44H26N4. The van der Waals surface area contributed by atoms with E-state index in [2.05, 4.69) is 135 Å². The van der Waals surface area contributed by atoms with Gasteiger partial charge in [0.25, 0.3) is 0 Å². The van der Waals surface area contributed by atoms with Crippen LogP contribution in [0.3, 0.4) is 0 Å². The first-order chi connectivity index (χ1) is 23.7. The van der Waals surface area contributed by atoms with Crippen molar-refractivity contribution in [2.45, 2.75) is 0 Å². The molecule has 0 atom stereocenters. The van der Waals surface area contributed by atoms with Gasteiger partial charge in [0.1, 0.15) is 0 Å². The highest BCUT2D eigenvalue weighted by molar-refractivity contribution is 6.14. The third-order valence-corrected chi connectivity index (χ3v) is 9.39. The molecule has 0 N–H and O–H groups in total. The normalized spacial score (nSPS) is 11.3. The van der Waals surface area contributed by atoms with Crippen LogP contribution in [0.15, 0.2) is 158 Å². The fraction of sp³-hybridized carbons (Fsp3) is 0. The standard InChI is InChI=1S/C44H26N4/c1-46-39-19-11-18-38-37-17-5-9-23-43(37)48(44(38)39)42-22-8-2-14-34(42)33-25-24-30(26-31(33)28-45)29-12-10-13-32(27-29)47-40-20-6-3-15-35(40)36-16-4-7-21-41(36)47/h2-27H. The molecule has 222 valence electrons. The van der Waals surface area contributed by atoms with Crippen molar-refractivity contribution in [3.05, 3.63) is 175 Å². The van der Waals surface area contributed by atoms with Gasteiger partial charge in [-0.1, -0.05) is 115 Å². The molecule has 0 radical (unpaired) electrons. The summed E-state index contributed by atoms with van der Waals surface area (Å²) in [6.07, 6.45) is 0. The van der Waals surface area contributed by atoms with Gasteiger partial charge in [0.05, 0.1) is 46.0 Å². The third kappa shape index (κ3) is 4.07. The van der Waals surface area contributed by atoms with Gasteiger partial charge < -0.3 is 9.13 Å². The molecule has 0 amide bonds. The SMILES string of the molecule is [C-]#[N+]c1cccc2c3ccccc3n(-c3ccccc3-c3ccc(-c4cccc(-n5c6ccccc6c6ccccc65)c4)cc3C#N)c12. The molecule has 7 aromatic carbocycles. The molecule has 0 bridgehead atoms. The first kappa shape index (κ1) is 27.4. The Morgan fingerprint density at radius 1 is 0.500 bits per heavy atom. The van der Waals surface area contributed by atoms with E-state index in [1.54, 1.807) is 0 Å². The highest BCUT2D eigenvalue weighted by atomic mass is 15.0. The number of nitrogens with zero attached hydrogens (tertiary/aromatic N) is 4. The summed E-state index contributed by atoms with van der Waals surface area (Å²) in [4.78, 5) is 3.90. The third-order valence-electron chi connectivity index (χ3n) is 9.39. The minimum absolute atomic E-state index is 0.591. The van der Waals surface area contributed by atoms with Gasteiger partial charge in [-0.2, -0.15) is 5.26 Å². The van der Waals surface area contributed by atoms with Gasteiger partial charge in [-0.25, -0.2) is 4.85 Å². The van der Waals surface area contributed by atoms with Crippen LogP contribution in [0.25, 0.3) is 82.1 Å². The van der Waals surface area contributed by atoms with Crippen LogP contribution in [0, 0.1) is 17.9 Å². The molecule has 9 aromatic rings. The van der Waals surface area contributed by atoms with Crippen LogP contribution in [-0.2, 0) is 0 Å². The predicted octanol–water partition coefficient (Wildman–Crippen LogP) is 11.6. The maximum atomic E-state index is 10.5. The zero-order chi connectivity index (χ0) is 32.2. The van der Waals surface area contributed by atoms with Crippen LogP contribution >= 0.6 is 0 Å². The molecule has 4 heteroatoms. The first-order valence-corrected chi connectivity index (χ1v) is 15.9. The van der Waals surface area contributed by atoms with Crippen LogP contribution in [0.4, 0.5) is 5.69 Å². The number of fused-ring (bicyclic) bond motifs is 6. The minimum Gasteiger partial charge on any atom is -0.318 e. The topological polar surface area (TPSA) is 38.0 Å². The summed E-state index contributed by atoms with van der Waals surface area (Å²) in [5.41, 5.74) is 11.2. The summed E-state index contributed by atoms with van der Waals surface area (Å²) in [5.74, 6) is 0. The van der Waals surface area contributed by atoms with E-state index in [1.165, 1.54) is 10.8 Å². The number of para-hydroxylation sites is 5. The highest BCUT2D eigenvalue weighted by Crippen LogP contribution is 2.41. The lowest BCUT2D eigenvalue weighted by atomic mass is 9.94. The Bertz CT molecular complexity index is 2760. The van der Waals surface area contributed by atoms with E-state index in [0.717, 1.165) is 66.5 Å². The molecule has 0 fully saturated rings. The molecule has 0 aliphatic rings. The zero-order valence-electron chi connectivity index (χ0n) is 25.8. The summed E-state index contributed by atoms with van der Waals surface area (Å²) in [5, 5.41) is 15.1. The molecule has 0 aliphatic carbocycles. The van der Waals surface area contributed by atoms with Crippen molar-refractivity contribution in [2.24, 2.45) is 0 Å². The van der Waals surface area contributed by atoms with E-state index in [0.29, 0.717) is 11.3 Å². The van der Waals surface area contributed by atoms with Crippen LogP contribution < -0.4 is 0 Å². The van der Waals surface area contributed by atoms with Gasteiger partial charge in [0.2, 0.25) is 5.69 Å². The molecule has 2 heterocycles. The van der Waals surface area contributed by atoms with Crippen molar-refractivity contribution in [1.82, 2.24) is 9.13 Å². The lowest BCUT2D eigenvalue weighted by Gasteiger charge is -2.16. The Morgan fingerprint density at radius 3 is 1.79 bits per heavy atom. The van der Waals surface area contributed by atoms with E-state index < -0.39 is 0 Å². The lowest BCUT2D eigenvalue weighted by Crippen LogP contribution is -1.98. The molecule has 0 spiro atoms. The van der Waals surface area contributed by atoms with E-state index >= 15 is 0 Å². The second-order valence-corrected chi connectivity index (χ2v) is 11.9. The Kier molecular flexibility index (Phi) is 6.22. The predicted molar refractivity (Wildman–Crippen MR) is 197 cm³/mol. The van der Waals surface area contributed by atoms with Crippen LogP contribution in [0.2, 0.25) is 0 Å². The fourth-order valence-corrected chi connectivity index (χ4v) is 7.31. The van der Waals surface area contributed by atoms with Crippen molar-refractivity contribution < 1.29 is 0 Å². The van der Waals surface area contributed by atoms with Gasteiger partial charge in [-0.05, 0) is 59.0 Å². The summed E-state index contributed by atoms with van der Waals surface area (Å²) < 4.78 is 4.49. The number of aromatic nitrogens is 2. The van der Waals surface area contributed by atoms with Crippen molar-refractivity contribution >= 4 is 49.3 Å². The number of nitriles is 1. The Labute approximate surface area is 277 Å². The summed E-state index contributed by atoms with van der Waals surface area (Å²) in [7, 11) is 0. The smallest absolute Gasteiger partial charge is 0.211 e. The molecule has 48 heavy (non-hydrogen) atoms. The van der Waals surface area contributed by atoms with E-state index in [4.69, 9.17) is 6.57 Å². The summed E-state index contributed by atoms with van der Waals surface area (Å²) in [6, 6.07) is 56.5. The first-order valence-electron chi connectivity index (χ1n) is 15.9. The minimum atomic E-state index is 0.591. The number of hydrogen-bond acceptors (Lipinski definition) is 1. The Balaban J connectivity index is 1.21. The van der Waals surface area contributed by atoms with Gasteiger partial charge >= 0.3 is 0 Å². The zero-order valence-corrected chi connectivity index (χ0v) is 25.8. The van der Waals surface area contributed by atoms with E-state index in [1.807, 2.05) is 42.5 Å². The second kappa shape index (κ2) is 10.9. The molecule has 0 saturated heterocycles. The molecule has 9 rings (SSSR count). The fourth-order valence-electron chi connectivity index (χ4n) is 7.31. The van der Waals surface area contributed by atoms with Crippen molar-refractivity contribution in [3.8, 4) is 39.7 Å². The maximum absolute atomic E-state index is 10.5. The van der Waals surface area contributed by atoms with Gasteiger partial charge in [0.15, 0.2) is 0 Å². The largest absolute Gasteiger partial charge is 0.318 e. The average Bonchev–Trinajstić information content (AvgIpc) is 3.68. The monoisotopic (exact) mass is 610 g/mol. The maximum Gasteiger partial charge on any atom is 0.211 e. The molecule has 2 aromatic heterocycles. The van der Waals surface area contributed by atoms with E-state index in [9.17, 15) is 5.26 Å². The van der Waals surface area contributed by atoms with E-state index in [-0.39, 0.29) is 0 Å². The Hall–Kier alpha value is -6.88. The molecule has 4 nitrogen and oxygen atoms in total. The number of hydrogen-bond donors (Lipinski definition) is 0. The van der Waals surface area contributed by atoms with Gasteiger partial charge in [-0.15, -0.1) is 0 Å². The van der Waals surface area contributed by atoms with Crippen molar-refractivity contribution in [2.75, 3.05) is 0 Å². The highest BCUT2D eigenvalue weighted by Gasteiger charge is 2.19. The quantitative estimate of drug-likeness (QED) is 0.183. The van der Waals surface area contributed by atoms with Crippen molar-refractivity contribution in [1.29, 1.82) is 5.26 Å². The summed E-state index contributed by atoms with van der Waals surface area (Å²) >= 11 is 0. The van der Waals surface area contributed by atoms with Gasteiger partial charge in [0, 0.05) is 33.0 Å². The van der Waals surface area contributed by atoms with Crippen LogP contribution in [0.1, 0.15) is 5.56 Å². The molecular weight excluding hydrogens is 585 g/mol. The van der Waals surface area contributed by atoms with Crippen LogP contribution in [0.5, 0.6) is 0 Å². The van der Waals surface area contributed by atoms with Crippen LogP contribution in [-0.4, -0.2) is 9.13 Å². The second-order valence-electron chi connectivity index (χ2n) is 11.9. The van der Waals surface area contributed by atoms with Crippen molar-refractivity contribution in [3.63, 3.8) is 0 Å². The molecule has 0 aliphatic heterocycles. The molecule has 0 saturated carbocycles. The lowest BCUT2D eigenvalue weighted by molar-refractivity contribution is 1.18. The molecule has 0 unspecified atom stereocenters. The summed E-state index contributed by atoms with van der Waals surface area (Å²) in [6.45, 7) is 7.95. The Morgan fingerprint density at radius 2 is 1.08 bits per heavy atom. The van der Waals surface area contributed by atoms with Gasteiger partial charge in [-0.3, -0.25) is 0 Å². The average molecular weight is 611 g/mol.